The molecule has 68 valence electrons. The molecule has 1 saturated heterocycles. The van der Waals surface area contributed by atoms with Crippen LogP contribution in [0.5, 0.6) is 0 Å². The van der Waals surface area contributed by atoms with E-state index in [0.29, 0.717) is 0 Å². The largest absolute Gasteiger partial charge is 0.459 e. The number of hydrogen-bond acceptors (Lipinski definition) is 3. The number of ether oxygens (including phenoxy) is 2. The van der Waals surface area contributed by atoms with E-state index in [1.807, 2.05) is 6.92 Å². The maximum atomic E-state index is 11.2. The molecule has 2 aliphatic rings. The molecule has 0 bridgehead atoms. The van der Waals surface area contributed by atoms with Crippen molar-refractivity contribution in [2.45, 2.75) is 38.4 Å². The molecule has 0 spiro atoms. The van der Waals surface area contributed by atoms with Crippen molar-refractivity contribution >= 4 is 5.97 Å². The Morgan fingerprint density at radius 2 is 2.17 bits per heavy atom. The zero-order valence-electron chi connectivity index (χ0n) is 7.29. The minimum atomic E-state index is -0.0163. The van der Waals surface area contributed by atoms with Crippen LogP contribution in [-0.4, -0.2) is 24.8 Å². The Bertz CT molecular complexity index is 186. The highest BCUT2D eigenvalue weighted by molar-refractivity contribution is 5.75. The number of carbonyl (C=O) groups is 1. The van der Waals surface area contributed by atoms with E-state index in [2.05, 4.69) is 0 Å². The summed E-state index contributed by atoms with van der Waals surface area (Å²) >= 11 is 0. The van der Waals surface area contributed by atoms with Gasteiger partial charge < -0.3 is 9.47 Å². The van der Waals surface area contributed by atoms with Gasteiger partial charge in [-0.1, -0.05) is 0 Å². The molecule has 0 aromatic carbocycles. The molecule has 1 aliphatic carbocycles. The third kappa shape index (κ3) is 1.61. The Kier molecular flexibility index (Phi) is 2.05. The van der Waals surface area contributed by atoms with E-state index in [1.54, 1.807) is 0 Å². The average molecular weight is 170 g/mol. The van der Waals surface area contributed by atoms with Crippen LogP contribution in [0, 0.1) is 5.92 Å². The molecule has 1 saturated carbocycles. The summed E-state index contributed by atoms with van der Waals surface area (Å²) in [5, 5.41) is 0. The van der Waals surface area contributed by atoms with Gasteiger partial charge in [-0.25, -0.2) is 0 Å². The molecule has 2 fully saturated rings. The van der Waals surface area contributed by atoms with Gasteiger partial charge in [0, 0.05) is 6.42 Å². The second kappa shape index (κ2) is 3.05. The topological polar surface area (TPSA) is 35.5 Å². The van der Waals surface area contributed by atoms with Crippen LogP contribution in [0.1, 0.15) is 26.2 Å². The van der Waals surface area contributed by atoms with Crippen LogP contribution in [0.15, 0.2) is 0 Å². The van der Waals surface area contributed by atoms with Crippen LogP contribution < -0.4 is 0 Å². The maximum Gasteiger partial charge on any atom is 0.309 e. The van der Waals surface area contributed by atoms with Gasteiger partial charge >= 0.3 is 5.97 Å². The third-order valence-corrected chi connectivity index (χ3v) is 2.48. The monoisotopic (exact) mass is 170 g/mol. The van der Waals surface area contributed by atoms with Crippen molar-refractivity contribution in [3.63, 3.8) is 0 Å². The molecule has 3 heteroatoms. The van der Waals surface area contributed by atoms with E-state index in [9.17, 15) is 4.79 Å². The fourth-order valence-electron chi connectivity index (χ4n) is 1.43. The summed E-state index contributed by atoms with van der Waals surface area (Å²) in [6.45, 7) is 2.68. The van der Waals surface area contributed by atoms with Crippen molar-refractivity contribution in [3.8, 4) is 0 Å². The van der Waals surface area contributed by atoms with E-state index in [1.165, 1.54) is 0 Å². The number of hydrogen-bond donors (Lipinski definition) is 0. The minimum Gasteiger partial charge on any atom is -0.459 e. The van der Waals surface area contributed by atoms with Gasteiger partial charge in [0.2, 0.25) is 0 Å². The fourth-order valence-corrected chi connectivity index (χ4v) is 1.43. The van der Waals surface area contributed by atoms with Crippen molar-refractivity contribution in [1.29, 1.82) is 0 Å². The SMILES string of the molecule is CC1OCCC1OC(=O)C1CC1. The van der Waals surface area contributed by atoms with Gasteiger partial charge in [-0.2, -0.15) is 0 Å². The van der Waals surface area contributed by atoms with E-state index >= 15 is 0 Å². The minimum absolute atomic E-state index is 0.0121. The van der Waals surface area contributed by atoms with Crippen molar-refractivity contribution < 1.29 is 14.3 Å². The number of esters is 1. The van der Waals surface area contributed by atoms with Gasteiger partial charge in [0.25, 0.3) is 0 Å². The lowest BCUT2D eigenvalue weighted by molar-refractivity contribution is -0.152. The first-order chi connectivity index (χ1) is 5.77. The Balaban J connectivity index is 1.80. The Hall–Kier alpha value is -0.570. The van der Waals surface area contributed by atoms with Crippen LogP contribution in [0.3, 0.4) is 0 Å². The number of rotatable bonds is 2. The maximum absolute atomic E-state index is 11.2. The quantitative estimate of drug-likeness (QED) is 0.582. The van der Waals surface area contributed by atoms with Gasteiger partial charge in [0.05, 0.1) is 18.6 Å². The van der Waals surface area contributed by atoms with E-state index in [4.69, 9.17) is 9.47 Å². The summed E-state index contributed by atoms with van der Waals surface area (Å²) in [4.78, 5) is 11.2. The highest BCUT2D eigenvalue weighted by atomic mass is 16.6. The zero-order chi connectivity index (χ0) is 8.55. The summed E-state index contributed by atoms with van der Waals surface area (Å²) in [7, 11) is 0. The van der Waals surface area contributed by atoms with Gasteiger partial charge in [-0.15, -0.1) is 0 Å². The lowest BCUT2D eigenvalue weighted by Gasteiger charge is -2.14. The first-order valence-electron chi connectivity index (χ1n) is 4.59. The summed E-state index contributed by atoms with van der Waals surface area (Å²) in [5.41, 5.74) is 0. The molecule has 2 unspecified atom stereocenters. The first kappa shape index (κ1) is 8.05. The number of carbonyl (C=O) groups excluding carboxylic acids is 1. The molecule has 0 aromatic rings. The summed E-state index contributed by atoms with van der Waals surface area (Å²) in [6.07, 6.45) is 2.99. The smallest absolute Gasteiger partial charge is 0.309 e. The second-order valence-electron chi connectivity index (χ2n) is 3.61. The van der Waals surface area contributed by atoms with Crippen LogP contribution >= 0.6 is 0 Å². The summed E-state index contributed by atoms with van der Waals surface area (Å²) in [6, 6.07) is 0. The molecule has 1 aliphatic heterocycles. The molecule has 12 heavy (non-hydrogen) atoms. The van der Waals surface area contributed by atoms with Crippen molar-refractivity contribution in [2.75, 3.05) is 6.61 Å². The predicted molar refractivity (Wildman–Crippen MR) is 42.6 cm³/mol. The molecular weight excluding hydrogens is 156 g/mol. The van der Waals surface area contributed by atoms with E-state index in [-0.39, 0.29) is 24.1 Å². The highest BCUT2D eigenvalue weighted by Gasteiger charge is 2.35. The Morgan fingerprint density at radius 3 is 2.67 bits per heavy atom. The van der Waals surface area contributed by atoms with Crippen LogP contribution in [-0.2, 0) is 14.3 Å². The van der Waals surface area contributed by atoms with Crippen LogP contribution in [0.2, 0.25) is 0 Å². The second-order valence-corrected chi connectivity index (χ2v) is 3.61. The molecular formula is C9H14O3. The Labute approximate surface area is 72.0 Å². The standard InChI is InChI=1S/C9H14O3/c1-6-8(4-5-11-6)12-9(10)7-2-3-7/h6-8H,2-5H2,1H3. The average Bonchev–Trinajstić information content (AvgIpc) is 2.80. The summed E-state index contributed by atoms with van der Waals surface area (Å²) < 4.78 is 10.6. The van der Waals surface area contributed by atoms with Gasteiger partial charge in [-0.3, -0.25) is 4.79 Å². The van der Waals surface area contributed by atoms with E-state index < -0.39 is 0 Å². The molecule has 1 heterocycles. The Morgan fingerprint density at radius 1 is 1.42 bits per heavy atom. The van der Waals surface area contributed by atoms with E-state index in [0.717, 1.165) is 25.9 Å². The van der Waals surface area contributed by atoms with Crippen molar-refractivity contribution in [1.82, 2.24) is 0 Å². The molecule has 2 rings (SSSR count). The zero-order valence-corrected chi connectivity index (χ0v) is 7.29. The van der Waals surface area contributed by atoms with Crippen molar-refractivity contribution in [2.24, 2.45) is 5.92 Å². The van der Waals surface area contributed by atoms with Crippen LogP contribution in [0.4, 0.5) is 0 Å². The highest BCUT2D eigenvalue weighted by Crippen LogP contribution is 2.31. The molecule has 0 N–H and O–H groups in total. The predicted octanol–water partition coefficient (Wildman–Crippen LogP) is 1.12. The van der Waals surface area contributed by atoms with Gasteiger partial charge in [-0.05, 0) is 19.8 Å². The van der Waals surface area contributed by atoms with Crippen LogP contribution in [0.25, 0.3) is 0 Å². The normalized spacial score (nSPS) is 35.1. The lowest BCUT2D eigenvalue weighted by atomic mass is 10.2. The summed E-state index contributed by atoms with van der Waals surface area (Å²) in [5.74, 6) is 0.190. The first-order valence-corrected chi connectivity index (χ1v) is 4.59. The molecule has 0 amide bonds. The molecule has 3 nitrogen and oxygen atoms in total. The molecule has 2 atom stereocenters. The van der Waals surface area contributed by atoms with Crippen molar-refractivity contribution in [3.05, 3.63) is 0 Å². The fraction of sp³-hybridized carbons (Fsp3) is 0.889. The van der Waals surface area contributed by atoms with Gasteiger partial charge in [0.1, 0.15) is 6.10 Å². The lowest BCUT2D eigenvalue weighted by Crippen LogP contribution is -2.25. The molecule has 0 radical (unpaired) electrons. The third-order valence-electron chi connectivity index (χ3n) is 2.48. The molecule has 0 aromatic heterocycles. The van der Waals surface area contributed by atoms with Gasteiger partial charge in [0.15, 0.2) is 0 Å².